The number of rotatable bonds is 5. The standard InChI is InChI=1S/C20H16ClFN4O2/c21-14-8-13(9-15(22)10-14)7-12-1-5-18(23-11-12)24-20(28)17-4-6-19(27)26(25-17)16-2-3-16/h1,4-6,8-11,16H,2-3,7H2,(H,23,24,28). The summed E-state index contributed by atoms with van der Waals surface area (Å²) in [7, 11) is 0. The van der Waals surface area contributed by atoms with Gasteiger partial charge in [-0.25, -0.2) is 14.1 Å². The predicted molar refractivity (Wildman–Crippen MR) is 103 cm³/mol. The number of aromatic nitrogens is 3. The fourth-order valence-corrected chi connectivity index (χ4v) is 3.10. The molecular weight excluding hydrogens is 383 g/mol. The van der Waals surface area contributed by atoms with Gasteiger partial charge in [-0.1, -0.05) is 17.7 Å². The lowest BCUT2D eigenvalue weighted by Gasteiger charge is -2.08. The van der Waals surface area contributed by atoms with Gasteiger partial charge in [0.1, 0.15) is 17.3 Å². The SMILES string of the molecule is O=C(Nc1ccc(Cc2cc(F)cc(Cl)c2)cn1)c1ccc(=O)n(C2CC2)n1. The second-order valence-corrected chi connectivity index (χ2v) is 7.13. The molecule has 1 N–H and O–H groups in total. The molecule has 1 fully saturated rings. The van der Waals surface area contributed by atoms with Gasteiger partial charge in [0.15, 0.2) is 0 Å². The molecule has 0 aliphatic heterocycles. The number of anilines is 1. The van der Waals surface area contributed by atoms with Gasteiger partial charge < -0.3 is 5.32 Å². The summed E-state index contributed by atoms with van der Waals surface area (Å²) >= 11 is 5.87. The van der Waals surface area contributed by atoms with Gasteiger partial charge >= 0.3 is 0 Å². The Balaban J connectivity index is 1.45. The Labute approximate surface area is 165 Å². The molecule has 1 saturated carbocycles. The molecule has 0 saturated heterocycles. The van der Waals surface area contributed by atoms with Crippen LogP contribution in [-0.4, -0.2) is 20.7 Å². The summed E-state index contributed by atoms with van der Waals surface area (Å²) < 4.78 is 14.8. The molecule has 4 rings (SSSR count). The van der Waals surface area contributed by atoms with E-state index in [2.05, 4.69) is 15.4 Å². The van der Waals surface area contributed by atoms with Crippen LogP contribution in [-0.2, 0) is 6.42 Å². The minimum Gasteiger partial charge on any atom is -0.305 e. The van der Waals surface area contributed by atoms with E-state index in [-0.39, 0.29) is 23.1 Å². The van der Waals surface area contributed by atoms with Crippen LogP contribution in [0.5, 0.6) is 0 Å². The maximum absolute atomic E-state index is 13.4. The first-order chi connectivity index (χ1) is 13.5. The van der Waals surface area contributed by atoms with Crippen molar-refractivity contribution in [3.63, 3.8) is 0 Å². The lowest BCUT2D eigenvalue weighted by atomic mass is 10.1. The number of pyridine rings is 1. The maximum atomic E-state index is 13.4. The van der Waals surface area contributed by atoms with Gasteiger partial charge in [0.25, 0.3) is 11.5 Å². The van der Waals surface area contributed by atoms with Crippen molar-refractivity contribution in [2.75, 3.05) is 5.32 Å². The number of hydrogen-bond donors (Lipinski definition) is 1. The number of carbonyl (C=O) groups excluding carboxylic acids is 1. The van der Waals surface area contributed by atoms with Crippen LogP contribution >= 0.6 is 11.6 Å². The van der Waals surface area contributed by atoms with Crippen molar-refractivity contribution < 1.29 is 9.18 Å². The van der Waals surface area contributed by atoms with Gasteiger partial charge in [-0.05, 0) is 60.7 Å². The third-order valence-corrected chi connectivity index (χ3v) is 4.57. The Bertz CT molecular complexity index is 1070. The second kappa shape index (κ2) is 7.52. The van der Waals surface area contributed by atoms with Gasteiger partial charge in [0, 0.05) is 17.3 Å². The monoisotopic (exact) mass is 398 g/mol. The van der Waals surface area contributed by atoms with Crippen molar-refractivity contribution in [2.45, 2.75) is 25.3 Å². The van der Waals surface area contributed by atoms with Crippen molar-refractivity contribution in [1.82, 2.24) is 14.8 Å². The first kappa shape index (κ1) is 18.3. The Hall–Kier alpha value is -3.06. The largest absolute Gasteiger partial charge is 0.305 e. The molecule has 28 heavy (non-hydrogen) atoms. The fraction of sp³-hybridized carbons (Fsp3) is 0.200. The molecule has 1 aromatic carbocycles. The van der Waals surface area contributed by atoms with Crippen LogP contribution in [0.3, 0.4) is 0 Å². The summed E-state index contributed by atoms with van der Waals surface area (Å²) in [6.45, 7) is 0. The average Bonchev–Trinajstić information content (AvgIpc) is 3.48. The minimum atomic E-state index is -0.438. The van der Waals surface area contributed by atoms with Crippen molar-refractivity contribution in [1.29, 1.82) is 0 Å². The lowest BCUT2D eigenvalue weighted by Crippen LogP contribution is -2.25. The Kier molecular flexibility index (Phi) is 4.92. The summed E-state index contributed by atoms with van der Waals surface area (Å²) in [6, 6.07) is 10.7. The topological polar surface area (TPSA) is 76.9 Å². The van der Waals surface area contributed by atoms with Crippen LogP contribution in [0.4, 0.5) is 10.2 Å². The van der Waals surface area contributed by atoms with E-state index in [1.807, 2.05) is 0 Å². The van der Waals surface area contributed by atoms with E-state index in [4.69, 9.17) is 11.6 Å². The third kappa shape index (κ3) is 4.26. The van der Waals surface area contributed by atoms with Gasteiger partial charge in [-0.2, -0.15) is 5.10 Å². The third-order valence-electron chi connectivity index (χ3n) is 4.35. The molecule has 8 heteroatoms. The van der Waals surface area contributed by atoms with E-state index < -0.39 is 5.91 Å². The van der Waals surface area contributed by atoms with Crippen LogP contribution in [0.1, 0.15) is 40.5 Å². The number of halogens is 2. The molecule has 2 aromatic heterocycles. The highest BCUT2D eigenvalue weighted by Crippen LogP contribution is 2.32. The number of carbonyl (C=O) groups is 1. The van der Waals surface area contributed by atoms with E-state index in [0.29, 0.717) is 17.3 Å². The molecule has 0 spiro atoms. The summed E-state index contributed by atoms with van der Waals surface area (Å²) in [5.74, 6) is -0.470. The highest BCUT2D eigenvalue weighted by molar-refractivity contribution is 6.30. The molecule has 2 heterocycles. The molecule has 1 aliphatic carbocycles. The molecule has 0 bridgehead atoms. The van der Waals surface area contributed by atoms with Crippen LogP contribution in [0.15, 0.2) is 53.5 Å². The zero-order chi connectivity index (χ0) is 19.7. The number of nitrogens with one attached hydrogen (secondary N) is 1. The zero-order valence-electron chi connectivity index (χ0n) is 14.7. The van der Waals surface area contributed by atoms with Crippen molar-refractivity contribution in [2.24, 2.45) is 0 Å². The number of nitrogens with zero attached hydrogens (tertiary/aromatic N) is 3. The number of benzene rings is 1. The van der Waals surface area contributed by atoms with Crippen molar-refractivity contribution in [3.05, 3.63) is 86.7 Å². The van der Waals surface area contributed by atoms with E-state index in [0.717, 1.165) is 24.0 Å². The quantitative estimate of drug-likeness (QED) is 0.712. The summed E-state index contributed by atoms with van der Waals surface area (Å²) in [5.41, 5.74) is 1.53. The first-order valence-corrected chi connectivity index (χ1v) is 9.17. The maximum Gasteiger partial charge on any atom is 0.277 e. The van der Waals surface area contributed by atoms with E-state index >= 15 is 0 Å². The Morgan fingerprint density at radius 3 is 2.68 bits per heavy atom. The summed E-state index contributed by atoms with van der Waals surface area (Å²) in [6.07, 6.45) is 3.87. The summed E-state index contributed by atoms with van der Waals surface area (Å²) in [4.78, 5) is 28.4. The molecule has 6 nitrogen and oxygen atoms in total. The normalized spacial score (nSPS) is 13.4. The van der Waals surface area contributed by atoms with Gasteiger partial charge in [-0.15, -0.1) is 0 Å². The van der Waals surface area contributed by atoms with Crippen molar-refractivity contribution in [3.8, 4) is 0 Å². The number of hydrogen-bond acceptors (Lipinski definition) is 4. The van der Waals surface area contributed by atoms with Crippen LogP contribution < -0.4 is 10.9 Å². The minimum absolute atomic E-state index is 0.0917. The smallest absolute Gasteiger partial charge is 0.277 e. The van der Waals surface area contributed by atoms with E-state index in [1.54, 1.807) is 24.4 Å². The predicted octanol–water partition coefficient (Wildman–Crippen LogP) is 3.61. The Morgan fingerprint density at radius 2 is 2.00 bits per heavy atom. The lowest BCUT2D eigenvalue weighted by molar-refractivity contribution is 0.101. The fourth-order valence-electron chi connectivity index (χ4n) is 2.86. The molecule has 1 aliphatic rings. The molecule has 0 unspecified atom stereocenters. The summed E-state index contributed by atoms with van der Waals surface area (Å²) in [5, 5.41) is 7.14. The van der Waals surface area contributed by atoms with Crippen LogP contribution in [0.2, 0.25) is 5.02 Å². The molecule has 1 amide bonds. The highest BCUT2D eigenvalue weighted by atomic mass is 35.5. The molecule has 142 valence electrons. The van der Waals surface area contributed by atoms with E-state index in [1.165, 1.54) is 28.9 Å². The van der Waals surface area contributed by atoms with Crippen LogP contribution in [0, 0.1) is 5.82 Å². The molecular formula is C20H16ClFN4O2. The van der Waals surface area contributed by atoms with Crippen LogP contribution in [0.25, 0.3) is 0 Å². The first-order valence-electron chi connectivity index (χ1n) is 8.79. The highest BCUT2D eigenvalue weighted by Gasteiger charge is 2.26. The van der Waals surface area contributed by atoms with E-state index in [9.17, 15) is 14.0 Å². The second-order valence-electron chi connectivity index (χ2n) is 6.69. The van der Waals surface area contributed by atoms with Gasteiger partial charge in [0.2, 0.25) is 0 Å². The Morgan fingerprint density at radius 1 is 1.18 bits per heavy atom. The molecule has 0 atom stereocenters. The number of amides is 1. The average molecular weight is 399 g/mol. The van der Waals surface area contributed by atoms with Gasteiger partial charge in [-0.3, -0.25) is 9.59 Å². The van der Waals surface area contributed by atoms with Crippen molar-refractivity contribution >= 4 is 23.3 Å². The molecule has 3 aromatic rings. The van der Waals surface area contributed by atoms with Gasteiger partial charge in [0.05, 0.1) is 6.04 Å². The zero-order valence-corrected chi connectivity index (χ0v) is 15.5. The molecule has 0 radical (unpaired) electrons.